The Balaban J connectivity index is 1.89. The predicted molar refractivity (Wildman–Crippen MR) is 112 cm³/mol. The molecule has 1 aliphatic rings. The van der Waals surface area contributed by atoms with Gasteiger partial charge in [0, 0.05) is 6.54 Å². The third-order valence-corrected chi connectivity index (χ3v) is 5.65. The number of thioether (sulfide) groups is 1. The molecular weight excluding hydrogens is 374 g/mol. The van der Waals surface area contributed by atoms with Gasteiger partial charge in [-0.05, 0) is 50.6 Å². The Kier molecular flexibility index (Phi) is 7.09. The highest BCUT2D eigenvalue weighted by Gasteiger charge is 2.36. The molecule has 28 heavy (non-hydrogen) atoms. The largest absolute Gasteiger partial charge is 0.494 e. The molecule has 5 nitrogen and oxygen atoms in total. The molecule has 1 saturated heterocycles. The Morgan fingerprint density at radius 3 is 2.11 bits per heavy atom. The first kappa shape index (κ1) is 20.4. The lowest BCUT2D eigenvalue weighted by Gasteiger charge is -2.27. The average Bonchev–Trinajstić information content (AvgIpc) is 3.04. The number of benzene rings is 2. The highest BCUT2D eigenvalue weighted by atomic mass is 32.2. The topological polar surface area (TPSA) is 48.0 Å². The fourth-order valence-electron chi connectivity index (χ4n) is 3.25. The van der Waals surface area contributed by atoms with Gasteiger partial charge in [0.15, 0.2) is 0 Å². The lowest BCUT2D eigenvalue weighted by molar-refractivity contribution is -0.128. The maximum atomic E-state index is 12.7. The molecule has 0 aliphatic carbocycles. The van der Waals surface area contributed by atoms with E-state index in [0.29, 0.717) is 32.1 Å². The summed E-state index contributed by atoms with van der Waals surface area (Å²) < 4.78 is 17.2. The van der Waals surface area contributed by atoms with E-state index in [-0.39, 0.29) is 11.3 Å². The highest BCUT2D eigenvalue weighted by molar-refractivity contribution is 8.00. The average molecular weight is 402 g/mol. The molecule has 6 heteroatoms. The number of amides is 1. The summed E-state index contributed by atoms with van der Waals surface area (Å²) in [5.41, 5.74) is 2.00. The molecule has 2 aromatic rings. The van der Waals surface area contributed by atoms with Crippen LogP contribution >= 0.6 is 11.8 Å². The Bertz CT molecular complexity index is 769. The van der Waals surface area contributed by atoms with E-state index in [0.717, 1.165) is 28.4 Å². The van der Waals surface area contributed by atoms with E-state index in [2.05, 4.69) is 0 Å². The summed E-state index contributed by atoms with van der Waals surface area (Å²) in [6.07, 6.45) is 0. The zero-order chi connectivity index (χ0) is 19.9. The van der Waals surface area contributed by atoms with Crippen molar-refractivity contribution in [1.29, 1.82) is 0 Å². The molecule has 0 aromatic heterocycles. The first-order chi connectivity index (χ1) is 13.7. The third kappa shape index (κ3) is 4.55. The van der Waals surface area contributed by atoms with Gasteiger partial charge in [-0.25, -0.2) is 0 Å². The third-order valence-electron chi connectivity index (χ3n) is 4.43. The Hall–Kier alpha value is -2.34. The van der Waals surface area contributed by atoms with Gasteiger partial charge in [-0.2, -0.15) is 0 Å². The number of ether oxygens (including phenoxy) is 3. The first-order valence-electron chi connectivity index (χ1n) is 9.69. The summed E-state index contributed by atoms with van der Waals surface area (Å²) in [5.74, 6) is 2.96. The minimum absolute atomic E-state index is 0.123. The van der Waals surface area contributed by atoms with Crippen LogP contribution in [0.5, 0.6) is 17.2 Å². The summed E-state index contributed by atoms with van der Waals surface area (Å²) in [4.78, 5) is 14.6. The van der Waals surface area contributed by atoms with Crippen molar-refractivity contribution in [3.8, 4) is 17.2 Å². The van der Waals surface area contributed by atoms with E-state index in [1.807, 2.05) is 68.1 Å². The van der Waals surface area contributed by atoms with Gasteiger partial charge in [0.1, 0.15) is 22.6 Å². The van der Waals surface area contributed by atoms with Crippen LogP contribution < -0.4 is 14.2 Å². The van der Waals surface area contributed by atoms with Gasteiger partial charge in [-0.15, -0.1) is 11.8 Å². The quantitative estimate of drug-likeness (QED) is 0.612. The van der Waals surface area contributed by atoms with Gasteiger partial charge in [-0.3, -0.25) is 4.79 Å². The lowest BCUT2D eigenvalue weighted by Crippen LogP contribution is -2.28. The van der Waals surface area contributed by atoms with Crippen LogP contribution in [-0.4, -0.2) is 36.4 Å². The van der Waals surface area contributed by atoms with E-state index >= 15 is 0 Å². The molecule has 1 atom stereocenters. The number of rotatable bonds is 9. The van der Waals surface area contributed by atoms with Crippen molar-refractivity contribution in [3.63, 3.8) is 0 Å². The second-order valence-corrected chi connectivity index (χ2v) is 7.36. The lowest BCUT2D eigenvalue weighted by atomic mass is 10.1. The standard InChI is InChI=1S/C22H27NO4S/c1-4-25-17-12-10-16(11-13-17)14-23-20(24)15-28-22(23)21-18(26-5-2)8-7-9-19(21)27-6-3/h7-13,22H,4-6,14-15H2,1-3H3. The zero-order valence-corrected chi connectivity index (χ0v) is 17.5. The number of hydrogen-bond donors (Lipinski definition) is 0. The second-order valence-electron chi connectivity index (χ2n) is 6.30. The van der Waals surface area contributed by atoms with Crippen molar-refractivity contribution < 1.29 is 19.0 Å². The molecule has 0 saturated carbocycles. The van der Waals surface area contributed by atoms with Crippen molar-refractivity contribution >= 4 is 17.7 Å². The summed E-state index contributed by atoms with van der Waals surface area (Å²) in [5, 5.41) is -0.136. The summed E-state index contributed by atoms with van der Waals surface area (Å²) in [7, 11) is 0. The molecule has 0 spiro atoms. The smallest absolute Gasteiger partial charge is 0.234 e. The van der Waals surface area contributed by atoms with Crippen molar-refractivity contribution in [2.75, 3.05) is 25.6 Å². The molecule has 150 valence electrons. The van der Waals surface area contributed by atoms with Crippen LogP contribution in [0.2, 0.25) is 0 Å². The van der Waals surface area contributed by atoms with E-state index in [1.54, 1.807) is 11.8 Å². The van der Waals surface area contributed by atoms with Gasteiger partial charge >= 0.3 is 0 Å². The minimum atomic E-state index is -0.136. The summed E-state index contributed by atoms with van der Waals surface area (Å²) in [6, 6.07) is 13.7. The van der Waals surface area contributed by atoms with Crippen LogP contribution in [0.3, 0.4) is 0 Å². The number of carbonyl (C=O) groups is 1. The van der Waals surface area contributed by atoms with Crippen molar-refractivity contribution in [2.45, 2.75) is 32.7 Å². The van der Waals surface area contributed by atoms with E-state index in [4.69, 9.17) is 14.2 Å². The molecule has 0 bridgehead atoms. The van der Waals surface area contributed by atoms with Crippen molar-refractivity contribution in [3.05, 3.63) is 53.6 Å². The van der Waals surface area contributed by atoms with Crippen LogP contribution in [0.4, 0.5) is 0 Å². The molecule has 0 radical (unpaired) electrons. The highest BCUT2D eigenvalue weighted by Crippen LogP contribution is 2.47. The Morgan fingerprint density at radius 1 is 0.929 bits per heavy atom. The Labute approximate surface area is 171 Å². The predicted octanol–water partition coefficient (Wildman–Crippen LogP) is 4.66. The SMILES string of the molecule is CCOc1ccc(CN2C(=O)CSC2c2c(OCC)cccc2OCC)cc1. The fraction of sp³-hybridized carbons (Fsp3) is 0.409. The molecular formula is C22H27NO4S. The van der Waals surface area contributed by atoms with Gasteiger partial charge in [-0.1, -0.05) is 18.2 Å². The Morgan fingerprint density at radius 2 is 1.54 bits per heavy atom. The summed E-state index contributed by atoms with van der Waals surface area (Å²) in [6.45, 7) is 8.18. The first-order valence-corrected chi connectivity index (χ1v) is 10.7. The fourth-order valence-corrected chi connectivity index (χ4v) is 4.49. The maximum Gasteiger partial charge on any atom is 0.234 e. The van der Waals surface area contributed by atoms with Gasteiger partial charge in [0.05, 0.1) is 31.1 Å². The van der Waals surface area contributed by atoms with Crippen LogP contribution in [0.15, 0.2) is 42.5 Å². The van der Waals surface area contributed by atoms with Crippen LogP contribution in [0.25, 0.3) is 0 Å². The van der Waals surface area contributed by atoms with Gasteiger partial charge < -0.3 is 19.1 Å². The molecule has 1 heterocycles. The number of nitrogens with zero attached hydrogens (tertiary/aromatic N) is 1. The van der Waals surface area contributed by atoms with E-state index < -0.39 is 0 Å². The molecule has 0 N–H and O–H groups in total. The van der Waals surface area contributed by atoms with Crippen molar-refractivity contribution in [2.24, 2.45) is 0 Å². The molecule has 1 fully saturated rings. The molecule has 1 aliphatic heterocycles. The monoisotopic (exact) mass is 401 g/mol. The van der Waals surface area contributed by atoms with E-state index in [9.17, 15) is 4.79 Å². The molecule has 1 unspecified atom stereocenters. The van der Waals surface area contributed by atoms with Crippen molar-refractivity contribution in [1.82, 2.24) is 4.90 Å². The number of hydrogen-bond acceptors (Lipinski definition) is 5. The normalized spacial score (nSPS) is 16.3. The summed E-state index contributed by atoms with van der Waals surface area (Å²) >= 11 is 1.61. The number of carbonyl (C=O) groups excluding carboxylic acids is 1. The maximum absolute atomic E-state index is 12.7. The van der Waals surface area contributed by atoms with Crippen LogP contribution in [0.1, 0.15) is 37.3 Å². The second kappa shape index (κ2) is 9.73. The zero-order valence-electron chi connectivity index (χ0n) is 16.6. The minimum Gasteiger partial charge on any atom is -0.494 e. The van der Waals surface area contributed by atoms with Crippen LogP contribution in [-0.2, 0) is 11.3 Å². The molecule has 2 aromatic carbocycles. The molecule has 1 amide bonds. The van der Waals surface area contributed by atoms with Gasteiger partial charge in [0.2, 0.25) is 5.91 Å². The van der Waals surface area contributed by atoms with Gasteiger partial charge in [0.25, 0.3) is 0 Å². The van der Waals surface area contributed by atoms with Crippen LogP contribution in [0, 0.1) is 0 Å². The van der Waals surface area contributed by atoms with E-state index in [1.165, 1.54) is 0 Å². The molecule has 3 rings (SSSR count).